The monoisotopic (exact) mass is 413 g/mol. The van der Waals surface area contributed by atoms with Crippen LogP contribution in [0.2, 0.25) is 0 Å². The third-order valence-corrected chi connectivity index (χ3v) is 4.84. The lowest BCUT2D eigenvalue weighted by molar-refractivity contribution is 0.436. The van der Waals surface area contributed by atoms with Crippen molar-refractivity contribution in [3.05, 3.63) is 35.9 Å². The Bertz CT molecular complexity index is 492. The van der Waals surface area contributed by atoms with Crippen LogP contribution in [0.4, 0.5) is 0 Å². The zero-order chi connectivity index (χ0) is 14.7. The standard InChI is InChI=1S/C18H27N3.HI/c1-3-19-17(20-14-18(11-12-18)16-9-10-16)21(2)13-15-7-5-4-6-8-15;/h4-8,16H,3,9-14H2,1-2H3,(H,19,20);1H. The molecule has 0 saturated heterocycles. The summed E-state index contributed by atoms with van der Waals surface area (Å²) in [4.78, 5) is 7.17. The maximum atomic E-state index is 4.94. The zero-order valence-electron chi connectivity index (χ0n) is 13.7. The predicted molar refractivity (Wildman–Crippen MR) is 104 cm³/mol. The molecule has 2 fully saturated rings. The van der Waals surface area contributed by atoms with Crippen LogP contribution in [0.15, 0.2) is 35.3 Å². The van der Waals surface area contributed by atoms with Gasteiger partial charge in [0.15, 0.2) is 5.96 Å². The Morgan fingerprint density at radius 3 is 2.50 bits per heavy atom. The number of guanidine groups is 1. The van der Waals surface area contributed by atoms with Gasteiger partial charge in [0.05, 0.1) is 0 Å². The van der Waals surface area contributed by atoms with E-state index in [1.165, 1.54) is 31.2 Å². The van der Waals surface area contributed by atoms with E-state index in [-0.39, 0.29) is 24.0 Å². The molecule has 122 valence electrons. The summed E-state index contributed by atoms with van der Waals surface area (Å²) in [6.07, 6.45) is 5.66. The van der Waals surface area contributed by atoms with E-state index in [0.29, 0.717) is 5.41 Å². The molecule has 0 aliphatic heterocycles. The van der Waals surface area contributed by atoms with Crippen LogP contribution in [0.3, 0.4) is 0 Å². The largest absolute Gasteiger partial charge is 0.357 e. The van der Waals surface area contributed by atoms with Crippen molar-refractivity contribution in [2.45, 2.75) is 39.2 Å². The van der Waals surface area contributed by atoms with Gasteiger partial charge >= 0.3 is 0 Å². The maximum absolute atomic E-state index is 4.94. The summed E-state index contributed by atoms with van der Waals surface area (Å²) in [5, 5.41) is 3.44. The van der Waals surface area contributed by atoms with Crippen LogP contribution in [0, 0.1) is 11.3 Å². The Hall–Kier alpha value is -0.780. The molecular weight excluding hydrogens is 385 g/mol. The summed E-state index contributed by atoms with van der Waals surface area (Å²) in [6, 6.07) is 10.6. The first-order valence-corrected chi connectivity index (χ1v) is 8.27. The summed E-state index contributed by atoms with van der Waals surface area (Å²) >= 11 is 0. The lowest BCUT2D eigenvalue weighted by Gasteiger charge is -2.23. The van der Waals surface area contributed by atoms with Crippen LogP contribution in [-0.2, 0) is 6.54 Å². The second-order valence-corrected chi connectivity index (χ2v) is 6.65. The summed E-state index contributed by atoms with van der Waals surface area (Å²) in [7, 11) is 2.13. The average Bonchev–Trinajstić information content (AvgIpc) is 3.38. The molecule has 4 heteroatoms. The van der Waals surface area contributed by atoms with Gasteiger partial charge in [-0.25, -0.2) is 0 Å². The molecule has 22 heavy (non-hydrogen) atoms. The lowest BCUT2D eigenvalue weighted by atomic mass is 10.0. The summed E-state index contributed by atoms with van der Waals surface area (Å²) in [5.74, 6) is 2.02. The molecule has 2 aliphatic carbocycles. The normalized spacial score (nSPS) is 19.3. The van der Waals surface area contributed by atoms with Crippen LogP contribution in [-0.4, -0.2) is 31.0 Å². The number of halogens is 1. The molecule has 0 heterocycles. The fourth-order valence-corrected chi connectivity index (χ4v) is 3.19. The Kier molecular flexibility index (Phi) is 6.12. The first-order valence-electron chi connectivity index (χ1n) is 8.27. The predicted octanol–water partition coefficient (Wildman–Crippen LogP) is 3.89. The number of rotatable bonds is 6. The molecule has 3 rings (SSSR count). The third kappa shape index (κ3) is 4.37. The molecule has 0 radical (unpaired) electrons. The number of hydrogen-bond acceptors (Lipinski definition) is 1. The van der Waals surface area contributed by atoms with Gasteiger partial charge in [0, 0.05) is 26.7 Å². The maximum Gasteiger partial charge on any atom is 0.193 e. The highest BCUT2D eigenvalue weighted by molar-refractivity contribution is 14.0. The fourth-order valence-electron chi connectivity index (χ4n) is 3.19. The number of benzene rings is 1. The van der Waals surface area contributed by atoms with Gasteiger partial charge in [-0.1, -0.05) is 30.3 Å². The van der Waals surface area contributed by atoms with Crippen molar-refractivity contribution in [3.8, 4) is 0 Å². The van der Waals surface area contributed by atoms with E-state index in [9.17, 15) is 0 Å². The van der Waals surface area contributed by atoms with Crippen LogP contribution >= 0.6 is 24.0 Å². The van der Waals surface area contributed by atoms with Crippen LogP contribution in [0.5, 0.6) is 0 Å². The van der Waals surface area contributed by atoms with Crippen molar-refractivity contribution in [3.63, 3.8) is 0 Å². The van der Waals surface area contributed by atoms with E-state index in [2.05, 4.69) is 54.5 Å². The molecule has 2 aliphatic rings. The van der Waals surface area contributed by atoms with Crippen molar-refractivity contribution in [1.82, 2.24) is 10.2 Å². The van der Waals surface area contributed by atoms with E-state index in [4.69, 9.17) is 4.99 Å². The van der Waals surface area contributed by atoms with E-state index in [1.807, 2.05) is 0 Å². The molecule has 0 spiro atoms. The molecule has 3 nitrogen and oxygen atoms in total. The van der Waals surface area contributed by atoms with Crippen LogP contribution < -0.4 is 5.32 Å². The molecule has 1 N–H and O–H groups in total. The molecule has 0 amide bonds. The highest BCUT2D eigenvalue weighted by Crippen LogP contribution is 2.61. The third-order valence-electron chi connectivity index (χ3n) is 4.84. The quantitative estimate of drug-likeness (QED) is 0.435. The Morgan fingerprint density at radius 2 is 1.95 bits per heavy atom. The summed E-state index contributed by atoms with van der Waals surface area (Å²) in [6.45, 7) is 4.98. The first kappa shape index (κ1) is 17.6. The van der Waals surface area contributed by atoms with Crippen molar-refractivity contribution >= 4 is 29.9 Å². The number of nitrogens with zero attached hydrogens (tertiary/aromatic N) is 2. The van der Waals surface area contributed by atoms with Gasteiger partial charge < -0.3 is 10.2 Å². The molecule has 0 aromatic heterocycles. The van der Waals surface area contributed by atoms with Gasteiger partial charge in [0.1, 0.15) is 0 Å². The minimum absolute atomic E-state index is 0. The number of aliphatic imine (C=N–C) groups is 1. The number of hydrogen-bond donors (Lipinski definition) is 1. The molecule has 0 atom stereocenters. The zero-order valence-corrected chi connectivity index (χ0v) is 16.0. The van der Waals surface area contributed by atoms with E-state index in [0.717, 1.165) is 31.5 Å². The first-order chi connectivity index (χ1) is 10.2. The Morgan fingerprint density at radius 1 is 1.27 bits per heavy atom. The summed E-state index contributed by atoms with van der Waals surface area (Å²) < 4.78 is 0. The molecular formula is C18H28IN3. The van der Waals surface area contributed by atoms with Gasteiger partial charge in [-0.3, -0.25) is 4.99 Å². The van der Waals surface area contributed by atoms with E-state index >= 15 is 0 Å². The van der Waals surface area contributed by atoms with Gasteiger partial charge in [-0.2, -0.15) is 0 Å². The second kappa shape index (κ2) is 7.66. The van der Waals surface area contributed by atoms with E-state index < -0.39 is 0 Å². The average molecular weight is 413 g/mol. The Balaban J connectivity index is 0.00000176. The number of nitrogens with one attached hydrogen (secondary N) is 1. The minimum Gasteiger partial charge on any atom is -0.357 e. The molecule has 0 bridgehead atoms. The smallest absolute Gasteiger partial charge is 0.193 e. The van der Waals surface area contributed by atoms with Crippen LogP contribution in [0.1, 0.15) is 38.2 Å². The highest BCUT2D eigenvalue weighted by Gasteiger charge is 2.53. The minimum atomic E-state index is 0. The lowest BCUT2D eigenvalue weighted by Crippen LogP contribution is -2.39. The topological polar surface area (TPSA) is 27.6 Å². The summed E-state index contributed by atoms with van der Waals surface area (Å²) in [5.41, 5.74) is 1.91. The van der Waals surface area contributed by atoms with E-state index in [1.54, 1.807) is 0 Å². The fraction of sp³-hybridized carbons (Fsp3) is 0.611. The van der Waals surface area contributed by atoms with Gasteiger partial charge in [0.2, 0.25) is 0 Å². The van der Waals surface area contributed by atoms with Crippen molar-refractivity contribution in [1.29, 1.82) is 0 Å². The van der Waals surface area contributed by atoms with Gasteiger partial charge in [-0.05, 0) is 49.5 Å². The van der Waals surface area contributed by atoms with Crippen molar-refractivity contribution in [2.24, 2.45) is 16.3 Å². The molecule has 1 aromatic rings. The van der Waals surface area contributed by atoms with Crippen molar-refractivity contribution < 1.29 is 0 Å². The molecule has 0 unspecified atom stereocenters. The molecule has 2 saturated carbocycles. The van der Waals surface area contributed by atoms with Gasteiger partial charge in [-0.15, -0.1) is 24.0 Å². The van der Waals surface area contributed by atoms with Crippen molar-refractivity contribution in [2.75, 3.05) is 20.1 Å². The second-order valence-electron chi connectivity index (χ2n) is 6.65. The van der Waals surface area contributed by atoms with Gasteiger partial charge in [0.25, 0.3) is 0 Å². The molecule has 1 aromatic carbocycles. The van der Waals surface area contributed by atoms with Crippen LogP contribution in [0.25, 0.3) is 0 Å². The highest BCUT2D eigenvalue weighted by atomic mass is 127. The SMILES string of the molecule is CCNC(=NCC1(C2CC2)CC1)N(C)Cc1ccccc1.I. The Labute approximate surface area is 151 Å².